The maximum absolute atomic E-state index is 2.56. The standard InChI is InChI=1S/C57H41N3/c1-57(2)49-23-13-15-25-52(49)60-53-36-41(30-35-47(53)54-55-48(37-50(57)56(54)60)46-22-12-14-24-51(46)59(55)43-20-10-5-11-21-43)40-28-33-45(34-29-40)58(42-18-8-4-9-19-42)44-31-26-39(27-32-44)38-16-6-3-7-17-38/h3-37H,1-2H3. The zero-order valence-corrected chi connectivity index (χ0v) is 33.5. The second-order valence-electron chi connectivity index (χ2n) is 16.6. The summed E-state index contributed by atoms with van der Waals surface area (Å²) in [4.78, 5) is 2.34. The van der Waals surface area contributed by atoms with Crippen molar-refractivity contribution in [2.45, 2.75) is 19.3 Å². The summed E-state index contributed by atoms with van der Waals surface area (Å²) in [6, 6.07) is 77.5. The lowest BCUT2D eigenvalue weighted by molar-refractivity contribution is 0.631. The molecule has 3 nitrogen and oxygen atoms in total. The van der Waals surface area contributed by atoms with Crippen molar-refractivity contribution in [2.24, 2.45) is 0 Å². The Morgan fingerprint density at radius 3 is 1.63 bits per heavy atom. The van der Waals surface area contributed by atoms with E-state index in [-0.39, 0.29) is 5.41 Å². The first-order chi connectivity index (χ1) is 29.5. The van der Waals surface area contributed by atoms with Gasteiger partial charge in [0.2, 0.25) is 0 Å². The molecule has 0 radical (unpaired) electrons. The molecule has 0 saturated heterocycles. The van der Waals surface area contributed by atoms with Crippen LogP contribution >= 0.6 is 0 Å². The summed E-state index contributed by atoms with van der Waals surface area (Å²) in [6.45, 7) is 4.79. The molecular weight excluding hydrogens is 727 g/mol. The molecule has 1 aliphatic heterocycles. The van der Waals surface area contributed by atoms with Crippen molar-refractivity contribution in [1.29, 1.82) is 0 Å². The first kappa shape index (κ1) is 34.4. The lowest BCUT2D eigenvalue weighted by atomic mass is 9.74. The molecule has 0 fully saturated rings. The van der Waals surface area contributed by atoms with Gasteiger partial charge in [-0.3, -0.25) is 0 Å². The molecule has 3 heteroatoms. The van der Waals surface area contributed by atoms with Crippen molar-refractivity contribution in [3.63, 3.8) is 0 Å². The van der Waals surface area contributed by atoms with Crippen molar-refractivity contribution in [3.05, 3.63) is 223 Å². The maximum atomic E-state index is 2.56. The smallest absolute Gasteiger partial charge is 0.0641 e. The molecule has 0 unspecified atom stereocenters. The Kier molecular flexibility index (Phi) is 7.58. The minimum absolute atomic E-state index is 0.200. The second-order valence-corrected chi connectivity index (χ2v) is 16.6. The van der Waals surface area contributed by atoms with Crippen molar-refractivity contribution >= 4 is 60.7 Å². The van der Waals surface area contributed by atoms with E-state index in [4.69, 9.17) is 0 Å². The van der Waals surface area contributed by atoms with Crippen LogP contribution in [0.1, 0.15) is 25.0 Å². The van der Waals surface area contributed by atoms with Gasteiger partial charge < -0.3 is 14.0 Å². The number of para-hydroxylation sites is 4. The van der Waals surface area contributed by atoms with Gasteiger partial charge in [0.1, 0.15) is 0 Å². The molecule has 9 aromatic carbocycles. The van der Waals surface area contributed by atoms with Gasteiger partial charge in [-0.25, -0.2) is 0 Å². The molecule has 0 bridgehead atoms. The molecule has 3 heterocycles. The van der Waals surface area contributed by atoms with Crippen LogP contribution in [0.3, 0.4) is 0 Å². The van der Waals surface area contributed by atoms with Gasteiger partial charge in [0.25, 0.3) is 0 Å². The van der Waals surface area contributed by atoms with Gasteiger partial charge in [0.15, 0.2) is 0 Å². The second kappa shape index (κ2) is 13.2. The molecule has 0 saturated carbocycles. The largest absolute Gasteiger partial charge is 0.311 e. The summed E-state index contributed by atoms with van der Waals surface area (Å²) in [7, 11) is 0. The minimum atomic E-state index is -0.200. The summed E-state index contributed by atoms with van der Waals surface area (Å²) in [6.07, 6.45) is 0. The van der Waals surface area contributed by atoms with Crippen LogP contribution in [0.25, 0.3) is 77.2 Å². The van der Waals surface area contributed by atoms with Crippen LogP contribution in [-0.2, 0) is 5.41 Å². The number of hydrogen-bond donors (Lipinski definition) is 0. The highest BCUT2D eigenvalue weighted by Gasteiger charge is 2.37. The minimum Gasteiger partial charge on any atom is -0.311 e. The molecule has 284 valence electrons. The van der Waals surface area contributed by atoms with E-state index in [1.807, 2.05) is 0 Å². The van der Waals surface area contributed by atoms with Gasteiger partial charge in [-0.2, -0.15) is 0 Å². The number of hydrogen-bond acceptors (Lipinski definition) is 1. The number of anilines is 3. The molecule has 0 spiro atoms. The number of fused-ring (bicyclic) bond motifs is 9. The van der Waals surface area contributed by atoms with Gasteiger partial charge in [0.05, 0.1) is 27.8 Å². The third-order valence-corrected chi connectivity index (χ3v) is 12.9. The fourth-order valence-corrected chi connectivity index (χ4v) is 10.0. The Bertz CT molecular complexity index is 3410. The van der Waals surface area contributed by atoms with Gasteiger partial charge >= 0.3 is 0 Å². The summed E-state index contributed by atoms with van der Waals surface area (Å²) in [5.41, 5.74) is 18.1. The lowest BCUT2D eigenvalue weighted by Gasteiger charge is -2.35. The Morgan fingerprint density at radius 2 is 0.917 bits per heavy atom. The SMILES string of the molecule is CC1(C)c2ccccc2-n2c3cc(-c4ccc(N(c5ccccc5)c5ccc(-c6ccccc6)cc5)cc4)ccc3c3c2c1cc1c2ccccc2n(-c2ccccc2)c13. The van der Waals surface area contributed by atoms with E-state index >= 15 is 0 Å². The first-order valence-corrected chi connectivity index (χ1v) is 20.9. The number of rotatable bonds is 6. The fraction of sp³-hybridized carbons (Fsp3) is 0.0526. The van der Waals surface area contributed by atoms with Crippen LogP contribution in [0.5, 0.6) is 0 Å². The average Bonchev–Trinajstić information content (AvgIpc) is 3.83. The predicted octanol–water partition coefficient (Wildman–Crippen LogP) is 15.3. The summed E-state index contributed by atoms with van der Waals surface area (Å²) < 4.78 is 5.04. The Balaban J connectivity index is 1.06. The average molecular weight is 768 g/mol. The van der Waals surface area contributed by atoms with E-state index in [0.717, 1.165) is 17.1 Å². The van der Waals surface area contributed by atoms with Crippen molar-refractivity contribution in [3.8, 4) is 33.6 Å². The van der Waals surface area contributed by atoms with Crippen LogP contribution < -0.4 is 4.90 Å². The normalized spacial score (nSPS) is 13.0. The quantitative estimate of drug-likeness (QED) is 0.164. The fourth-order valence-electron chi connectivity index (χ4n) is 10.0. The molecule has 11 aromatic rings. The van der Waals surface area contributed by atoms with Gasteiger partial charge in [-0.1, -0.05) is 153 Å². The molecule has 0 atom stereocenters. The zero-order valence-electron chi connectivity index (χ0n) is 33.5. The van der Waals surface area contributed by atoms with Crippen LogP contribution in [0.2, 0.25) is 0 Å². The van der Waals surface area contributed by atoms with Gasteiger partial charge in [-0.05, 0) is 106 Å². The third-order valence-electron chi connectivity index (χ3n) is 12.9. The van der Waals surface area contributed by atoms with Crippen molar-refractivity contribution in [2.75, 3.05) is 4.90 Å². The van der Waals surface area contributed by atoms with Crippen molar-refractivity contribution < 1.29 is 0 Å². The predicted molar refractivity (Wildman–Crippen MR) is 253 cm³/mol. The highest BCUT2D eigenvalue weighted by atomic mass is 15.1. The Labute approximate surface area is 349 Å². The van der Waals surface area contributed by atoms with E-state index in [9.17, 15) is 0 Å². The van der Waals surface area contributed by atoms with Crippen LogP contribution in [0, 0.1) is 0 Å². The molecular formula is C57H41N3. The van der Waals surface area contributed by atoms with Crippen molar-refractivity contribution in [1.82, 2.24) is 9.13 Å². The third kappa shape index (κ3) is 5.09. The Morgan fingerprint density at radius 1 is 0.367 bits per heavy atom. The monoisotopic (exact) mass is 767 g/mol. The first-order valence-electron chi connectivity index (χ1n) is 20.9. The molecule has 1 aliphatic rings. The van der Waals surface area contributed by atoms with E-state index in [1.165, 1.54) is 88.4 Å². The summed E-state index contributed by atoms with van der Waals surface area (Å²) in [5, 5.41) is 5.14. The topological polar surface area (TPSA) is 13.1 Å². The molecule has 60 heavy (non-hydrogen) atoms. The maximum Gasteiger partial charge on any atom is 0.0641 e. The summed E-state index contributed by atoms with van der Waals surface area (Å²) >= 11 is 0. The number of aromatic nitrogens is 2. The van der Waals surface area contributed by atoms with E-state index in [0.29, 0.717) is 0 Å². The highest BCUT2D eigenvalue weighted by Crippen LogP contribution is 2.52. The van der Waals surface area contributed by atoms with E-state index in [2.05, 4.69) is 240 Å². The van der Waals surface area contributed by atoms with Crippen LogP contribution in [0.4, 0.5) is 17.1 Å². The molecule has 0 amide bonds. The van der Waals surface area contributed by atoms with Crippen LogP contribution in [-0.4, -0.2) is 9.13 Å². The molecule has 0 aliphatic carbocycles. The van der Waals surface area contributed by atoms with E-state index < -0.39 is 0 Å². The Hall–Kier alpha value is -7.62. The lowest BCUT2D eigenvalue weighted by Crippen LogP contribution is -2.26. The summed E-state index contributed by atoms with van der Waals surface area (Å²) in [5.74, 6) is 0. The number of nitrogens with zero attached hydrogens (tertiary/aromatic N) is 3. The molecule has 12 rings (SSSR count). The van der Waals surface area contributed by atoms with Gasteiger partial charge in [0, 0.05) is 49.7 Å². The van der Waals surface area contributed by atoms with Gasteiger partial charge in [-0.15, -0.1) is 0 Å². The molecule has 0 N–H and O–H groups in total. The number of benzene rings is 9. The highest BCUT2D eigenvalue weighted by molar-refractivity contribution is 6.27. The van der Waals surface area contributed by atoms with Crippen LogP contribution in [0.15, 0.2) is 212 Å². The zero-order chi connectivity index (χ0) is 40.0. The molecule has 2 aromatic heterocycles. The van der Waals surface area contributed by atoms with E-state index in [1.54, 1.807) is 0 Å².